The van der Waals surface area contributed by atoms with Crippen LogP contribution in [0.1, 0.15) is 24.8 Å². The minimum atomic E-state index is 0.560. The Morgan fingerprint density at radius 1 is 1.26 bits per heavy atom. The van der Waals surface area contributed by atoms with Gasteiger partial charge in [0.25, 0.3) is 0 Å². The average molecular weight is 281 g/mol. The number of methoxy groups -OCH3 is 2. The van der Waals surface area contributed by atoms with Crippen LogP contribution in [-0.4, -0.2) is 33.1 Å². The van der Waals surface area contributed by atoms with E-state index in [2.05, 4.69) is 17.6 Å². The van der Waals surface area contributed by atoms with Gasteiger partial charge in [-0.05, 0) is 44.2 Å². The van der Waals surface area contributed by atoms with E-state index < -0.39 is 0 Å². The number of piperidine rings is 1. The molecule has 1 fully saturated rings. The lowest BCUT2D eigenvalue weighted by atomic mass is 9.97. The Morgan fingerprint density at radius 2 is 2.11 bits per heavy atom. The smallest absolute Gasteiger partial charge is 0.135 e. The van der Waals surface area contributed by atoms with Crippen LogP contribution in [0.4, 0.5) is 0 Å². The van der Waals surface area contributed by atoms with Crippen LogP contribution in [-0.2, 0) is 6.42 Å². The molecular weight excluding hydrogens is 258 g/mol. The maximum Gasteiger partial charge on any atom is 0.135 e. The third-order valence-electron chi connectivity index (χ3n) is 3.64. The Bertz CT molecular complexity index is 417. The summed E-state index contributed by atoms with van der Waals surface area (Å²) >= 11 is 1.70. The standard InChI is InChI=1S/C15H23NO2S/c1-17-13-9-11(8-12-6-4-5-7-16-12)15(18-2)14(10-13)19-3/h9-10,12,16H,4-8H2,1-3H3. The molecule has 106 valence electrons. The fraction of sp³-hybridized carbons (Fsp3) is 0.600. The van der Waals surface area contributed by atoms with E-state index in [9.17, 15) is 0 Å². The lowest BCUT2D eigenvalue weighted by Crippen LogP contribution is -2.35. The Kier molecular flexibility index (Phi) is 5.40. The minimum absolute atomic E-state index is 0.560. The van der Waals surface area contributed by atoms with Crippen LogP contribution in [0.25, 0.3) is 0 Å². The van der Waals surface area contributed by atoms with Crippen molar-refractivity contribution in [3.8, 4) is 11.5 Å². The number of nitrogens with one attached hydrogen (secondary N) is 1. The zero-order valence-corrected chi connectivity index (χ0v) is 12.8. The van der Waals surface area contributed by atoms with Crippen LogP contribution in [0, 0.1) is 0 Å². The highest BCUT2D eigenvalue weighted by atomic mass is 32.2. The number of ether oxygens (including phenoxy) is 2. The average Bonchev–Trinajstić information content (AvgIpc) is 2.47. The summed E-state index contributed by atoms with van der Waals surface area (Å²) in [6.45, 7) is 1.13. The molecule has 0 radical (unpaired) electrons. The normalized spacial score (nSPS) is 19.2. The number of hydrogen-bond acceptors (Lipinski definition) is 4. The van der Waals surface area contributed by atoms with E-state index in [4.69, 9.17) is 9.47 Å². The van der Waals surface area contributed by atoms with Gasteiger partial charge in [0.2, 0.25) is 0 Å². The van der Waals surface area contributed by atoms with Gasteiger partial charge < -0.3 is 14.8 Å². The summed E-state index contributed by atoms with van der Waals surface area (Å²) in [6, 6.07) is 4.71. The van der Waals surface area contributed by atoms with Gasteiger partial charge in [-0.3, -0.25) is 0 Å². The maximum absolute atomic E-state index is 5.60. The highest BCUT2D eigenvalue weighted by molar-refractivity contribution is 7.98. The predicted molar refractivity (Wildman–Crippen MR) is 80.7 cm³/mol. The van der Waals surface area contributed by atoms with Gasteiger partial charge in [-0.1, -0.05) is 6.42 Å². The van der Waals surface area contributed by atoms with Gasteiger partial charge in [0.05, 0.1) is 19.1 Å². The number of hydrogen-bond donors (Lipinski definition) is 1. The van der Waals surface area contributed by atoms with Crippen molar-refractivity contribution in [3.05, 3.63) is 17.7 Å². The molecule has 0 aliphatic carbocycles. The first-order chi connectivity index (χ1) is 9.28. The van der Waals surface area contributed by atoms with Crippen LogP contribution < -0.4 is 14.8 Å². The molecule has 0 spiro atoms. The molecule has 1 saturated heterocycles. The maximum atomic E-state index is 5.60. The first-order valence-electron chi connectivity index (χ1n) is 6.80. The molecule has 0 amide bonds. The first kappa shape index (κ1) is 14.5. The second-order valence-electron chi connectivity index (χ2n) is 4.87. The Labute approximate surface area is 120 Å². The molecule has 1 aliphatic heterocycles. The third kappa shape index (κ3) is 3.57. The summed E-state index contributed by atoms with van der Waals surface area (Å²) in [6.07, 6.45) is 6.93. The Hall–Kier alpha value is -0.870. The van der Waals surface area contributed by atoms with Crippen molar-refractivity contribution in [3.63, 3.8) is 0 Å². The molecule has 4 heteroatoms. The Morgan fingerprint density at radius 3 is 2.68 bits per heavy atom. The van der Waals surface area contributed by atoms with Crippen molar-refractivity contribution in [1.29, 1.82) is 0 Å². The topological polar surface area (TPSA) is 30.5 Å². The van der Waals surface area contributed by atoms with Gasteiger partial charge in [-0.2, -0.15) is 0 Å². The monoisotopic (exact) mass is 281 g/mol. The molecular formula is C15H23NO2S. The molecule has 1 aliphatic rings. The van der Waals surface area contributed by atoms with E-state index >= 15 is 0 Å². The van der Waals surface area contributed by atoms with Crippen molar-refractivity contribution < 1.29 is 9.47 Å². The van der Waals surface area contributed by atoms with Gasteiger partial charge in [-0.15, -0.1) is 11.8 Å². The van der Waals surface area contributed by atoms with E-state index in [0.29, 0.717) is 6.04 Å². The van der Waals surface area contributed by atoms with Crippen molar-refractivity contribution in [2.75, 3.05) is 27.0 Å². The van der Waals surface area contributed by atoms with Crippen LogP contribution in [0.3, 0.4) is 0 Å². The lowest BCUT2D eigenvalue weighted by Gasteiger charge is -2.25. The summed E-state index contributed by atoms with van der Waals surface area (Å²) in [5.41, 5.74) is 1.24. The zero-order chi connectivity index (χ0) is 13.7. The lowest BCUT2D eigenvalue weighted by molar-refractivity contribution is 0.371. The SMILES string of the molecule is COc1cc(CC2CCCCN2)c(OC)c(SC)c1. The second-order valence-corrected chi connectivity index (χ2v) is 5.72. The van der Waals surface area contributed by atoms with Gasteiger partial charge in [0, 0.05) is 11.6 Å². The molecule has 1 atom stereocenters. The minimum Gasteiger partial charge on any atom is -0.497 e. The van der Waals surface area contributed by atoms with Gasteiger partial charge in [0.15, 0.2) is 0 Å². The van der Waals surface area contributed by atoms with E-state index in [0.717, 1.165) is 29.4 Å². The summed E-state index contributed by atoms with van der Waals surface area (Å²) in [4.78, 5) is 1.15. The molecule has 0 saturated carbocycles. The molecule has 0 bridgehead atoms. The van der Waals surface area contributed by atoms with Crippen molar-refractivity contribution in [2.24, 2.45) is 0 Å². The molecule has 1 unspecified atom stereocenters. The molecule has 3 nitrogen and oxygen atoms in total. The van der Waals surface area contributed by atoms with Gasteiger partial charge >= 0.3 is 0 Å². The van der Waals surface area contributed by atoms with Gasteiger partial charge in [0.1, 0.15) is 11.5 Å². The number of benzene rings is 1. The summed E-state index contributed by atoms with van der Waals surface area (Å²) in [7, 11) is 3.47. The van der Waals surface area contributed by atoms with Crippen molar-refractivity contribution in [2.45, 2.75) is 36.6 Å². The van der Waals surface area contributed by atoms with Crippen LogP contribution in [0.5, 0.6) is 11.5 Å². The van der Waals surface area contributed by atoms with Crippen LogP contribution in [0.15, 0.2) is 17.0 Å². The van der Waals surface area contributed by atoms with E-state index in [-0.39, 0.29) is 0 Å². The zero-order valence-electron chi connectivity index (χ0n) is 12.0. The summed E-state index contributed by atoms with van der Waals surface area (Å²) in [5.74, 6) is 1.91. The molecule has 1 aromatic rings. The largest absolute Gasteiger partial charge is 0.497 e. The molecule has 1 aromatic carbocycles. The quantitative estimate of drug-likeness (QED) is 0.840. The summed E-state index contributed by atoms with van der Waals surface area (Å²) in [5, 5.41) is 3.59. The Balaban J connectivity index is 2.25. The van der Waals surface area contributed by atoms with E-state index in [1.54, 1.807) is 26.0 Å². The summed E-state index contributed by atoms with van der Waals surface area (Å²) < 4.78 is 11.0. The molecule has 1 N–H and O–H groups in total. The second kappa shape index (κ2) is 7.06. The van der Waals surface area contributed by atoms with Gasteiger partial charge in [-0.25, -0.2) is 0 Å². The fourth-order valence-corrected chi connectivity index (χ4v) is 3.28. The first-order valence-corrected chi connectivity index (χ1v) is 8.03. The van der Waals surface area contributed by atoms with E-state index in [1.165, 1.54) is 24.8 Å². The fourth-order valence-electron chi connectivity index (χ4n) is 2.65. The molecule has 1 heterocycles. The molecule has 2 rings (SSSR count). The highest BCUT2D eigenvalue weighted by Crippen LogP contribution is 2.36. The number of thioether (sulfide) groups is 1. The molecule has 0 aromatic heterocycles. The highest BCUT2D eigenvalue weighted by Gasteiger charge is 2.18. The predicted octanol–water partition coefficient (Wildman–Crippen LogP) is 3.11. The van der Waals surface area contributed by atoms with Crippen LogP contribution in [0.2, 0.25) is 0 Å². The van der Waals surface area contributed by atoms with Crippen molar-refractivity contribution in [1.82, 2.24) is 5.32 Å². The van der Waals surface area contributed by atoms with Crippen LogP contribution >= 0.6 is 11.8 Å². The third-order valence-corrected chi connectivity index (χ3v) is 4.39. The number of rotatable bonds is 5. The van der Waals surface area contributed by atoms with E-state index in [1.807, 2.05) is 6.07 Å². The molecule has 19 heavy (non-hydrogen) atoms. The van der Waals surface area contributed by atoms with Crippen molar-refractivity contribution >= 4 is 11.8 Å².